The Morgan fingerprint density at radius 2 is 2.22 bits per heavy atom. The second-order valence-corrected chi connectivity index (χ2v) is 4.24. The molecule has 100 valence electrons. The topological polar surface area (TPSA) is 84.9 Å². The number of ether oxygens (including phenoxy) is 2. The highest BCUT2D eigenvalue weighted by Crippen LogP contribution is 2.13. The molecule has 0 bridgehead atoms. The maximum Gasteiger partial charge on any atom is 0.255 e. The zero-order valence-corrected chi connectivity index (χ0v) is 10.2. The molecule has 7 nitrogen and oxygen atoms in total. The van der Waals surface area contributed by atoms with Crippen LogP contribution < -0.4 is 5.32 Å². The van der Waals surface area contributed by atoms with Gasteiger partial charge in [-0.15, -0.1) is 0 Å². The molecular weight excluding hydrogens is 240 g/mol. The zero-order chi connectivity index (χ0) is 13.1. The minimum atomic E-state index is -0.716. The van der Waals surface area contributed by atoms with E-state index in [1.165, 1.54) is 4.90 Å². The van der Waals surface area contributed by atoms with Crippen LogP contribution >= 0.6 is 0 Å². The highest BCUT2D eigenvalue weighted by molar-refractivity contribution is 6.04. The minimum Gasteiger partial charge on any atom is -0.376 e. The fraction of sp³-hybridized carbons (Fsp3) is 0.727. The number of hydrogen-bond acceptors (Lipinski definition) is 5. The van der Waals surface area contributed by atoms with Crippen LogP contribution in [-0.4, -0.2) is 61.1 Å². The Morgan fingerprint density at radius 1 is 1.44 bits per heavy atom. The van der Waals surface area contributed by atoms with Crippen molar-refractivity contribution >= 4 is 17.7 Å². The maximum atomic E-state index is 12.2. The molecule has 2 fully saturated rings. The molecule has 2 aliphatic heterocycles. The first-order chi connectivity index (χ1) is 8.63. The SMILES string of the molecule is CCC1C(=O)NC(=O)CN1C(=O)C1COCCO1. The van der Waals surface area contributed by atoms with Crippen LogP contribution in [0.15, 0.2) is 0 Å². The summed E-state index contributed by atoms with van der Waals surface area (Å²) in [6, 6.07) is -0.610. The normalized spacial score (nSPS) is 29.1. The van der Waals surface area contributed by atoms with Crippen molar-refractivity contribution < 1.29 is 23.9 Å². The number of piperazine rings is 1. The molecule has 0 radical (unpaired) electrons. The van der Waals surface area contributed by atoms with E-state index in [0.29, 0.717) is 19.6 Å². The van der Waals surface area contributed by atoms with Gasteiger partial charge in [0.25, 0.3) is 5.91 Å². The molecule has 2 rings (SSSR count). The lowest BCUT2D eigenvalue weighted by molar-refractivity contribution is -0.166. The van der Waals surface area contributed by atoms with Crippen LogP contribution in [0.3, 0.4) is 0 Å². The maximum absolute atomic E-state index is 12.2. The highest BCUT2D eigenvalue weighted by Gasteiger charge is 2.39. The van der Waals surface area contributed by atoms with Gasteiger partial charge in [-0.05, 0) is 6.42 Å². The summed E-state index contributed by atoms with van der Waals surface area (Å²) in [5, 5.41) is 2.22. The first kappa shape index (κ1) is 13.0. The minimum absolute atomic E-state index is 0.108. The lowest BCUT2D eigenvalue weighted by Gasteiger charge is -2.36. The third kappa shape index (κ3) is 2.51. The summed E-state index contributed by atoms with van der Waals surface area (Å²) in [5.74, 6) is -1.25. The van der Waals surface area contributed by atoms with Crippen LogP contribution in [0.5, 0.6) is 0 Å². The van der Waals surface area contributed by atoms with Crippen molar-refractivity contribution in [1.82, 2.24) is 10.2 Å². The van der Waals surface area contributed by atoms with Crippen molar-refractivity contribution in [1.29, 1.82) is 0 Å². The number of carbonyl (C=O) groups excluding carboxylic acids is 3. The van der Waals surface area contributed by atoms with Crippen LogP contribution in [0.2, 0.25) is 0 Å². The summed E-state index contributed by atoms with van der Waals surface area (Å²) >= 11 is 0. The molecule has 1 N–H and O–H groups in total. The van der Waals surface area contributed by atoms with Gasteiger partial charge in [-0.25, -0.2) is 0 Å². The van der Waals surface area contributed by atoms with E-state index in [1.54, 1.807) is 6.92 Å². The fourth-order valence-electron chi connectivity index (χ4n) is 2.12. The quantitative estimate of drug-likeness (QED) is 0.618. The van der Waals surface area contributed by atoms with Gasteiger partial charge in [-0.1, -0.05) is 6.92 Å². The van der Waals surface area contributed by atoms with Crippen molar-refractivity contribution in [3.63, 3.8) is 0 Å². The molecule has 2 saturated heterocycles. The molecule has 7 heteroatoms. The number of imide groups is 1. The molecule has 18 heavy (non-hydrogen) atoms. The molecule has 0 aromatic carbocycles. The van der Waals surface area contributed by atoms with Crippen LogP contribution in [0.1, 0.15) is 13.3 Å². The van der Waals surface area contributed by atoms with Gasteiger partial charge in [0, 0.05) is 0 Å². The van der Waals surface area contributed by atoms with Gasteiger partial charge in [-0.3, -0.25) is 19.7 Å². The van der Waals surface area contributed by atoms with E-state index >= 15 is 0 Å². The second kappa shape index (κ2) is 5.45. The molecule has 2 atom stereocenters. The van der Waals surface area contributed by atoms with E-state index in [1.807, 2.05) is 0 Å². The third-order valence-corrected chi connectivity index (χ3v) is 3.02. The number of amides is 3. The van der Waals surface area contributed by atoms with Crippen molar-refractivity contribution in [3.05, 3.63) is 0 Å². The molecule has 2 heterocycles. The number of nitrogens with one attached hydrogen (secondary N) is 1. The lowest BCUT2D eigenvalue weighted by atomic mass is 10.1. The Bertz CT molecular complexity index is 364. The molecule has 2 unspecified atom stereocenters. The van der Waals surface area contributed by atoms with Gasteiger partial charge in [0.05, 0.1) is 19.8 Å². The Kier molecular flexibility index (Phi) is 3.93. The molecule has 0 aromatic heterocycles. The van der Waals surface area contributed by atoms with Crippen LogP contribution in [-0.2, 0) is 23.9 Å². The summed E-state index contributed by atoms with van der Waals surface area (Å²) in [4.78, 5) is 36.5. The Balaban J connectivity index is 2.10. The first-order valence-electron chi connectivity index (χ1n) is 5.97. The predicted molar refractivity (Wildman–Crippen MR) is 59.5 cm³/mol. The van der Waals surface area contributed by atoms with E-state index in [4.69, 9.17) is 9.47 Å². The van der Waals surface area contributed by atoms with Crippen molar-refractivity contribution in [2.75, 3.05) is 26.4 Å². The van der Waals surface area contributed by atoms with Gasteiger partial charge in [0.1, 0.15) is 12.6 Å². The van der Waals surface area contributed by atoms with Gasteiger partial charge in [0.2, 0.25) is 11.8 Å². The standard InChI is InChI=1S/C11H16N2O5/c1-2-7-10(15)12-9(14)5-13(7)11(16)8-6-17-3-4-18-8/h7-8H,2-6H2,1H3,(H,12,14,15). The number of rotatable bonds is 2. The molecule has 3 amide bonds. The average Bonchev–Trinajstić information content (AvgIpc) is 2.38. The van der Waals surface area contributed by atoms with E-state index in [2.05, 4.69) is 5.32 Å². The number of nitrogens with zero attached hydrogens (tertiary/aromatic N) is 1. The van der Waals surface area contributed by atoms with Crippen LogP contribution in [0, 0.1) is 0 Å². The number of hydrogen-bond donors (Lipinski definition) is 1. The highest BCUT2D eigenvalue weighted by atomic mass is 16.6. The molecule has 2 aliphatic rings. The van der Waals surface area contributed by atoms with Gasteiger partial charge >= 0.3 is 0 Å². The van der Waals surface area contributed by atoms with Crippen molar-refractivity contribution in [3.8, 4) is 0 Å². The van der Waals surface area contributed by atoms with Crippen LogP contribution in [0.25, 0.3) is 0 Å². The second-order valence-electron chi connectivity index (χ2n) is 4.24. The van der Waals surface area contributed by atoms with Gasteiger partial charge in [-0.2, -0.15) is 0 Å². The fourth-order valence-corrected chi connectivity index (χ4v) is 2.12. The summed E-state index contributed by atoms with van der Waals surface area (Å²) in [7, 11) is 0. The molecule has 0 aliphatic carbocycles. The predicted octanol–water partition coefficient (Wildman–Crippen LogP) is -1.33. The summed E-state index contributed by atoms with van der Waals surface area (Å²) < 4.78 is 10.5. The van der Waals surface area contributed by atoms with E-state index in [-0.39, 0.29) is 19.1 Å². The molecule has 0 spiro atoms. The van der Waals surface area contributed by atoms with E-state index in [9.17, 15) is 14.4 Å². The molecule has 0 aromatic rings. The lowest BCUT2D eigenvalue weighted by Crippen LogP contribution is -2.62. The summed E-state index contributed by atoms with van der Waals surface area (Å²) in [5.41, 5.74) is 0. The average molecular weight is 256 g/mol. The van der Waals surface area contributed by atoms with Crippen molar-refractivity contribution in [2.45, 2.75) is 25.5 Å². The molecular formula is C11H16N2O5. The Hall–Kier alpha value is -1.47. The molecule has 0 saturated carbocycles. The Morgan fingerprint density at radius 3 is 2.83 bits per heavy atom. The number of carbonyl (C=O) groups is 3. The first-order valence-corrected chi connectivity index (χ1v) is 5.97. The van der Waals surface area contributed by atoms with Crippen LogP contribution in [0.4, 0.5) is 0 Å². The summed E-state index contributed by atoms with van der Waals surface area (Å²) in [6.45, 7) is 2.66. The van der Waals surface area contributed by atoms with Gasteiger partial charge < -0.3 is 14.4 Å². The third-order valence-electron chi connectivity index (χ3n) is 3.02. The largest absolute Gasteiger partial charge is 0.376 e. The zero-order valence-electron chi connectivity index (χ0n) is 10.2. The smallest absolute Gasteiger partial charge is 0.255 e. The van der Waals surface area contributed by atoms with E-state index in [0.717, 1.165) is 0 Å². The summed E-state index contributed by atoms with van der Waals surface area (Å²) in [6.07, 6.45) is -0.259. The van der Waals surface area contributed by atoms with Gasteiger partial charge in [0.15, 0.2) is 6.10 Å². The Labute approximate surface area is 104 Å². The van der Waals surface area contributed by atoms with E-state index < -0.39 is 24.0 Å². The van der Waals surface area contributed by atoms with Crippen molar-refractivity contribution in [2.24, 2.45) is 0 Å². The monoisotopic (exact) mass is 256 g/mol.